The highest BCUT2D eigenvalue weighted by Crippen LogP contribution is 2.04. The molecule has 3 heteroatoms. The molecule has 0 amide bonds. The van der Waals surface area contributed by atoms with Gasteiger partial charge < -0.3 is 9.47 Å². The normalized spacial score (nSPS) is 22.6. The van der Waals surface area contributed by atoms with Crippen LogP contribution in [-0.4, -0.2) is 25.3 Å². The summed E-state index contributed by atoms with van der Waals surface area (Å²) in [5, 5.41) is 0. The lowest BCUT2D eigenvalue weighted by atomic mass is 10.4. The van der Waals surface area contributed by atoms with Gasteiger partial charge in [0.15, 0.2) is 12.1 Å². The van der Waals surface area contributed by atoms with Crippen molar-refractivity contribution in [2.75, 3.05) is 13.2 Å². The Labute approximate surface area is 53.9 Å². The number of Topliss-reactive ketones (excluding diaryl/α,β-unsaturated/α-hetero) is 1. The monoisotopic (exact) mass is 130 g/mol. The Morgan fingerprint density at radius 2 is 2.11 bits per heavy atom. The average molecular weight is 130 g/mol. The van der Waals surface area contributed by atoms with Crippen molar-refractivity contribution in [1.82, 2.24) is 0 Å². The molecule has 0 unspecified atom stereocenters. The van der Waals surface area contributed by atoms with E-state index in [1.54, 1.807) is 0 Å². The summed E-state index contributed by atoms with van der Waals surface area (Å²) >= 11 is 0. The summed E-state index contributed by atoms with van der Waals surface area (Å²) in [5.41, 5.74) is 0. The summed E-state index contributed by atoms with van der Waals surface area (Å²) < 4.78 is 9.94. The largest absolute Gasteiger partial charge is 0.345 e. The van der Waals surface area contributed by atoms with Gasteiger partial charge in [0.25, 0.3) is 0 Å². The fraction of sp³-hybridized carbons (Fsp3) is 0.833. The predicted molar refractivity (Wildman–Crippen MR) is 31.0 cm³/mol. The molecule has 0 saturated carbocycles. The SMILES string of the molecule is CCC1OCC(=O)CO1. The number of carbonyl (C=O) groups excluding carboxylic acids is 1. The molecule has 1 saturated heterocycles. The molecule has 9 heavy (non-hydrogen) atoms. The Balaban J connectivity index is 2.26. The molecular weight excluding hydrogens is 120 g/mol. The van der Waals surface area contributed by atoms with Gasteiger partial charge >= 0.3 is 0 Å². The molecule has 3 nitrogen and oxygen atoms in total. The molecule has 0 atom stereocenters. The lowest BCUT2D eigenvalue weighted by molar-refractivity contribution is -0.186. The van der Waals surface area contributed by atoms with Crippen molar-refractivity contribution in [3.8, 4) is 0 Å². The third-order valence-corrected chi connectivity index (χ3v) is 1.19. The van der Waals surface area contributed by atoms with Gasteiger partial charge in [0.1, 0.15) is 13.2 Å². The maximum atomic E-state index is 10.5. The van der Waals surface area contributed by atoms with Crippen molar-refractivity contribution >= 4 is 5.78 Å². The van der Waals surface area contributed by atoms with Crippen LogP contribution in [0.15, 0.2) is 0 Å². The Morgan fingerprint density at radius 3 is 2.56 bits per heavy atom. The quantitative estimate of drug-likeness (QED) is 0.513. The molecule has 0 N–H and O–H groups in total. The van der Waals surface area contributed by atoms with E-state index in [0.717, 1.165) is 6.42 Å². The van der Waals surface area contributed by atoms with E-state index in [-0.39, 0.29) is 25.3 Å². The minimum absolute atomic E-state index is 0.0275. The molecule has 0 bridgehead atoms. The highest BCUT2D eigenvalue weighted by molar-refractivity contribution is 5.81. The van der Waals surface area contributed by atoms with E-state index in [4.69, 9.17) is 9.47 Å². The standard InChI is InChI=1S/C6H10O3/c1-2-6-8-3-5(7)4-9-6/h6H,2-4H2,1H3. The summed E-state index contributed by atoms with van der Waals surface area (Å²) in [6.45, 7) is 2.40. The second kappa shape index (κ2) is 2.94. The van der Waals surface area contributed by atoms with Gasteiger partial charge in [-0.1, -0.05) is 6.92 Å². The van der Waals surface area contributed by atoms with Crippen LogP contribution in [0.4, 0.5) is 0 Å². The molecule has 1 rings (SSSR count). The first-order valence-electron chi connectivity index (χ1n) is 3.08. The minimum atomic E-state index is -0.150. The van der Waals surface area contributed by atoms with Crippen LogP contribution < -0.4 is 0 Å². The molecule has 0 aromatic rings. The van der Waals surface area contributed by atoms with Crippen LogP contribution >= 0.6 is 0 Å². The Morgan fingerprint density at radius 1 is 1.56 bits per heavy atom. The lowest BCUT2D eigenvalue weighted by Crippen LogP contribution is -2.31. The van der Waals surface area contributed by atoms with Gasteiger partial charge in [-0.15, -0.1) is 0 Å². The predicted octanol–water partition coefficient (Wildman–Crippen LogP) is 0.338. The number of rotatable bonds is 1. The van der Waals surface area contributed by atoms with Crippen LogP contribution in [0.1, 0.15) is 13.3 Å². The number of carbonyl (C=O) groups is 1. The van der Waals surface area contributed by atoms with Crippen LogP contribution in [0.3, 0.4) is 0 Å². The third-order valence-electron chi connectivity index (χ3n) is 1.19. The zero-order valence-electron chi connectivity index (χ0n) is 5.42. The van der Waals surface area contributed by atoms with Gasteiger partial charge in [-0.2, -0.15) is 0 Å². The summed E-state index contributed by atoms with van der Waals surface area (Å²) in [4.78, 5) is 10.5. The smallest absolute Gasteiger partial charge is 0.184 e. The van der Waals surface area contributed by atoms with Crippen molar-refractivity contribution in [3.05, 3.63) is 0 Å². The number of hydrogen-bond donors (Lipinski definition) is 0. The van der Waals surface area contributed by atoms with Crippen LogP contribution in [-0.2, 0) is 14.3 Å². The zero-order valence-corrected chi connectivity index (χ0v) is 5.42. The highest BCUT2D eigenvalue weighted by atomic mass is 16.7. The van der Waals surface area contributed by atoms with Crippen molar-refractivity contribution in [1.29, 1.82) is 0 Å². The first-order valence-corrected chi connectivity index (χ1v) is 3.08. The molecule has 0 spiro atoms. The first-order chi connectivity index (χ1) is 4.33. The molecule has 0 aromatic carbocycles. The number of ether oxygens (including phenoxy) is 2. The molecule has 0 aromatic heterocycles. The van der Waals surface area contributed by atoms with Gasteiger partial charge in [0.2, 0.25) is 0 Å². The van der Waals surface area contributed by atoms with Crippen LogP contribution in [0.2, 0.25) is 0 Å². The molecule has 1 heterocycles. The Hall–Kier alpha value is -0.410. The van der Waals surface area contributed by atoms with E-state index >= 15 is 0 Å². The minimum Gasteiger partial charge on any atom is -0.345 e. The van der Waals surface area contributed by atoms with Gasteiger partial charge in [-0.3, -0.25) is 4.79 Å². The van der Waals surface area contributed by atoms with Crippen molar-refractivity contribution in [3.63, 3.8) is 0 Å². The van der Waals surface area contributed by atoms with E-state index in [1.165, 1.54) is 0 Å². The van der Waals surface area contributed by atoms with Crippen molar-refractivity contribution < 1.29 is 14.3 Å². The van der Waals surface area contributed by atoms with E-state index in [1.807, 2.05) is 6.92 Å². The molecule has 1 aliphatic heterocycles. The first kappa shape index (κ1) is 6.71. The van der Waals surface area contributed by atoms with E-state index < -0.39 is 0 Å². The molecule has 1 fully saturated rings. The fourth-order valence-corrected chi connectivity index (χ4v) is 0.697. The van der Waals surface area contributed by atoms with Crippen LogP contribution in [0, 0.1) is 0 Å². The number of hydrogen-bond acceptors (Lipinski definition) is 3. The Bertz CT molecular complexity index is 101. The van der Waals surface area contributed by atoms with Crippen molar-refractivity contribution in [2.24, 2.45) is 0 Å². The maximum Gasteiger partial charge on any atom is 0.184 e. The van der Waals surface area contributed by atoms with E-state index in [2.05, 4.69) is 0 Å². The second-order valence-corrected chi connectivity index (χ2v) is 2.00. The molecule has 1 aliphatic rings. The molecular formula is C6H10O3. The summed E-state index contributed by atoms with van der Waals surface area (Å²) in [7, 11) is 0. The fourth-order valence-electron chi connectivity index (χ4n) is 0.697. The summed E-state index contributed by atoms with van der Waals surface area (Å²) in [6.07, 6.45) is 0.662. The number of ketones is 1. The maximum absolute atomic E-state index is 10.5. The second-order valence-electron chi connectivity index (χ2n) is 2.00. The van der Waals surface area contributed by atoms with E-state index in [0.29, 0.717) is 0 Å². The van der Waals surface area contributed by atoms with Gasteiger partial charge in [-0.05, 0) is 6.42 Å². The van der Waals surface area contributed by atoms with Crippen molar-refractivity contribution in [2.45, 2.75) is 19.6 Å². The van der Waals surface area contributed by atoms with Gasteiger partial charge in [0.05, 0.1) is 0 Å². The zero-order chi connectivity index (χ0) is 6.69. The average Bonchev–Trinajstić information content (AvgIpc) is 1.90. The lowest BCUT2D eigenvalue weighted by Gasteiger charge is -2.20. The third kappa shape index (κ3) is 1.77. The van der Waals surface area contributed by atoms with Crippen LogP contribution in [0.5, 0.6) is 0 Å². The molecule has 0 aliphatic carbocycles. The summed E-state index contributed by atoms with van der Waals surface area (Å²) in [5.74, 6) is 0.0275. The molecule has 0 radical (unpaired) electrons. The topological polar surface area (TPSA) is 35.5 Å². The van der Waals surface area contributed by atoms with Gasteiger partial charge in [-0.25, -0.2) is 0 Å². The van der Waals surface area contributed by atoms with E-state index in [9.17, 15) is 4.79 Å². The molecule has 52 valence electrons. The summed E-state index contributed by atoms with van der Waals surface area (Å²) in [6, 6.07) is 0. The highest BCUT2D eigenvalue weighted by Gasteiger charge is 2.16. The Kier molecular flexibility index (Phi) is 2.19. The van der Waals surface area contributed by atoms with Crippen LogP contribution in [0.25, 0.3) is 0 Å². The van der Waals surface area contributed by atoms with Gasteiger partial charge in [0, 0.05) is 0 Å².